The zero-order chi connectivity index (χ0) is 10.0. The number of aromatic nitrogens is 1. The quantitative estimate of drug-likeness (QED) is 0.816. The van der Waals surface area contributed by atoms with Crippen LogP contribution < -0.4 is 11.5 Å². The van der Waals surface area contributed by atoms with Gasteiger partial charge in [0.05, 0.1) is 9.26 Å². The van der Waals surface area contributed by atoms with Crippen LogP contribution in [0.15, 0.2) is 6.07 Å². The van der Waals surface area contributed by atoms with Crippen molar-refractivity contribution >= 4 is 28.4 Å². The first-order chi connectivity index (χ1) is 6.06. The van der Waals surface area contributed by atoms with Gasteiger partial charge in [-0.1, -0.05) is 0 Å². The van der Waals surface area contributed by atoms with Crippen LogP contribution in [-0.2, 0) is 6.54 Å². The highest BCUT2D eigenvalue weighted by atomic mass is 127. The Bertz CT molecular complexity index is 317. The van der Waals surface area contributed by atoms with E-state index in [1.54, 1.807) is 0 Å². The fourth-order valence-corrected chi connectivity index (χ4v) is 1.37. The second-order valence-electron chi connectivity index (χ2n) is 2.40. The summed E-state index contributed by atoms with van der Waals surface area (Å²) in [7, 11) is 0. The molecule has 3 nitrogen and oxygen atoms in total. The molecule has 0 radical (unpaired) electrons. The Morgan fingerprint density at radius 1 is 1.54 bits per heavy atom. The summed E-state index contributed by atoms with van der Waals surface area (Å²) in [5.41, 5.74) is 10.7. The molecule has 13 heavy (non-hydrogen) atoms. The summed E-state index contributed by atoms with van der Waals surface area (Å²) in [6.07, 6.45) is -2.56. The molecule has 72 valence electrons. The van der Waals surface area contributed by atoms with Gasteiger partial charge < -0.3 is 11.5 Å². The van der Waals surface area contributed by atoms with Crippen LogP contribution in [0.25, 0.3) is 0 Å². The summed E-state index contributed by atoms with van der Waals surface area (Å²) < 4.78 is 25.3. The van der Waals surface area contributed by atoms with Gasteiger partial charge in [0.15, 0.2) is 0 Å². The lowest BCUT2D eigenvalue weighted by molar-refractivity contribution is 0.149. The lowest BCUT2D eigenvalue weighted by Crippen LogP contribution is -2.08. The number of hydrogen-bond donors (Lipinski definition) is 2. The Labute approximate surface area is 87.7 Å². The van der Waals surface area contributed by atoms with Gasteiger partial charge in [-0.2, -0.15) is 0 Å². The number of nitrogen functional groups attached to an aromatic ring is 1. The number of anilines is 1. The van der Waals surface area contributed by atoms with Gasteiger partial charge in [-0.05, 0) is 28.7 Å². The fourth-order valence-electron chi connectivity index (χ4n) is 0.910. The summed E-state index contributed by atoms with van der Waals surface area (Å²) in [5.74, 6) is 0.241. The van der Waals surface area contributed by atoms with Crippen molar-refractivity contribution in [2.75, 3.05) is 5.73 Å². The maximum absolute atomic E-state index is 12.4. The van der Waals surface area contributed by atoms with Crippen molar-refractivity contribution in [3.8, 4) is 0 Å². The van der Waals surface area contributed by atoms with Crippen molar-refractivity contribution in [1.29, 1.82) is 0 Å². The molecule has 0 saturated carbocycles. The standard InChI is InChI=1S/C7H8F2IN3/c8-6(9)3-1-4(10)7(12)13-5(3)2-11/h1,6H,2,11H2,(H2,12,13). The number of alkyl halides is 2. The highest BCUT2D eigenvalue weighted by Gasteiger charge is 2.15. The molecule has 0 aliphatic rings. The third kappa shape index (κ3) is 2.25. The molecule has 1 heterocycles. The fraction of sp³-hybridized carbons (Fsp3) is 0.286. The van der Waals surface area contributed by atoms with Crippen LogP contribution in [0, 0.1) is 3.57 Å². The molecule has 0 bridgehead atoms. The summed E-state index contributed by atoms with van der Waals surface area (Å²) in [5, 5.41) is 0. The van der Waals surface area contributed by atoms with Crippen molar-refractivity contribution in [3.05, 3.63) is 20.9 Å². The van der Waals surface area contributed by atoms with E-state index in [9.17, 15) is 8.78 Å². The average molecular weight is 299 g/mol. The first-order valence-electron chi connectivity index (χ1n) is 3.49. The number of pyridine rings is 1. The topological polar surface area (TPSA) is 64.9 Å². The number of nitrogens with two attached hydrogens (primary N) is 2. The monoisotopic (exact) mass is 299 g/mol. The highest BCUT2D eigenvalue weighted by molar-refractivity contribution is 14.1. The molecule has 0 unspecified atom stereocenters. The van der Waals surface area contributed by atoms with Gasteiger partial charge in [-0.25, -0.2) is 13.8 Å². The Kier molecular flexibility index (Phi) is 3.37. The van der Waals surface area contributed by atoms with E-state index < -0.39 is 6.43 Å². The molecule has 0 aliphatic carbocycles. The molecule has 1 aromatic rings. The van der Waals surface area contributed by atoms with Gasteiger partial charge >= 0.3 is 0 Å². The van der Waals surface area contributed by atoms with Gasteiger partial charge in [0.2, 0.25) is 0 Å². The summed E-state index contributed by atoms with van der Waals surface area (Å²) in [6.45, 7) is -0.0270. The molecule has 1 rings (SSSR count). The molecule has 0 spiro atoms. The lowest BCUT2D eigenvalue weighted by atomic mass is 10.2. The number of hydrogen-bond acceptors (Lipinski definition) is 3. The largest absolute Gasteiger partial charge is 0.383 e. The summed E-state index contributed by atoms with van der Waals surface area (Å²) >= 11 is 1.85. The summed E-state index contributed by atoms with van der Waals surface area (Å²) in [4.78, 5) is 3.78. The molecule has 1 aromatic heterocycles. The van der Waals surface area contributed by atoms with Crippen LogP contribution >= 0.6 is 22.6 Å². The number of rotatable bonds is 2. The number of halogens is 3. The SMILES string of the molecule is NCc1nc(N)c(I)cc1C(F)F. The second kappa shape index (κ2) is 4.14. The Morgan fingerprint density at radius 3 is 2.62 bits per heavy atom. The van der Waals surface area contributed by atoms with E-state index in [-0.39, 0.29) is 23.6 Å². The molecule has 4 N–H and O–H groups in total. The second-order valence-corrected chi connectivity index (χ2v) is 3.56. The van der Waals surface area contributed by atoms with Crippen molar-refractivity contribution in [2.24, 2.45) is 5.73 Å². The highest BCUT2D eigenvalue weighted by Crippen LogP contribution is 2.25. The van der Waals surface area contributed by atoms with Gasteiger partial charge in [-0.3, -0.25) is 0 Å². The van der Waals surface area contributed by atoms with Crippen LogP contribution in [0.3, 0.4) is 0 Å². The molecule has 6 heteroatoms. The third-order valence-corrected chi connectivity index (χ3v) is 2.41. The van der Waals surface area contributed by atoms with E-state index in [1.807, 2.05) is 22.6 Å². The van der Waals surface area contributed by atoms with Crippen LogP contribution in [-0.4, -0.2) is 4.98 Å². The molecule has 0 fully saturated rings. The Hall–Kier alpha value is -0.500. The zero-order valence-corrected chi connectivity index (χ0v) is 8.76. The first-order valence-corrected chi connectivity index (χ1v) is 4.57. The van der Waals surface area contributed by atoms with E-state index in [2.05, 4.69) is 4.98 Å². The predicted molar refractivity (Wildman–Crippen MR) is 54.2 cm³/mol. The predicted octanol–water partition coefficient (Wildman–Crippen LogP) is 1.66. The maximum Gasteiger partial charge on any atom is 0.265 e. The van der Waals surface area contributed by atoms with Crippen LogP contribution in [0.4, 0.5) is 14.6 Å². The Balaban J connectivity index is 3.25. The maximum atomic E-state index is 12.4. The van der Waals surface area contributed by atoms with Crippen molar-refractivity contribution in [1.82, 2.24) is 4.98 Å². The van der Waals surface area contributed by atoms with Gasteiger partial charge in [0.1, 0.15) is 5.82 Å². The smallest absolute Gasteiger partial charge is 0.265 e. The molecular weight excluding hydrogens is 291 g/mol. The first kappa shape index (κ1) is 10.6. The van der Waals surface area contributed by atoms with Gasteiger partial charge in [-0.15, -0.1) is 0 Å². The van der Waals surface area contributed by atoms with E-state index in [0.29, 0.717) is 3.57 Å². The van der Waals surface area contributed by atoms with E-state index >= 15 is 0 Å². The molecular formula is C7H8F2IN3. The van der Waals surface area contributed by atoms with Crippen molar-refractivity contribution < 1.29 is 8.78 Å². The molecule has 0 amide bonds. The van der Waals surface area contributed by atoms with E-state index in [1.165, 1.54) is 6.07 Å². The molecule has 0 saturated heterocycles. The normalized spacial score (nSPS) is 10.8. The van der Waals surface area contributed by atoms with Crippen LogP contribution in [0.2, 0.25) is 0 Å². The van der Waals surface area contributed by atoms with E-state index in [4.69, 9.17) is 11.5 Å². The van der Waals surface area contributed by atoms with E-state index in [0.717, 1.165) is 0 Å². The molecule has 0 aromatic carbocycles. The van der Waals surface area contributed by atoms with Crippen LogP contribution in [0.1, 0.15) is 17.7 Å². The van der Waals surface area contributed by atoms with Crippen molar-refractivity contribution in [3.63, 3.8) is 0 Å². The van der Waals surface area contributed by atoms with Crippen molar-refractivity contribution in [2.45, 2.75) is 13.0 Å². The average Bonchev–Trinajstić information content (AvgIpc) is 2.08. The Morgan fingerprint density at radius 2 is 2.15 bits per heavy atom. The van der Waals surface area contributed by atoms with Gasteiger partial charge in [0, 0.05) is 12.1 Å². The number of nitrogens with zero attached hydrogens (tertiary/aromatic N) is 1. The van der Waals surface area contributed by atoms with Gasteiger partial charge in [0.25, 0.3) is 6.43 Å². The minimum Gasteiger partial charge on any atom is -0.383 e. The third-order valence-electron chi connectivity index (χ3n) is 1.54. The minimum absolute atomic E-state index is 0.0270. The minimum atomic E-state index is -2.56. The summed E-state index contributed by atoms with van der Waals surface area (Å²) in [6, 6.07) is 1.32. The zero-order valence-electron chi connectivity index (χ0n) is 6.60. The molecule has 0 aliphatic heterocycles. The molecule has 0 atom stereocenters. The van der Waals surface area contributed by atoms with Crippen LogP contribution in [0.5, 0.6) is 0 Å². The lowest BCUT2D eigenvalue weighted by Gasteiger charge is -2.08.